The molecule has 0 radical (unpaired) electrons. The number of ether oxygens (including phenoxy) is 2. The lowest BCUT2D eigenvalue weighted by Crippen LogP contribution is -2.54. The molecule has 6 nitrogen and oxygen atoms in total. The van der Waals surface area contributed by atoms with Gasteiger partial charge >= 0.3 is 12.1 Å². The van der Waals surface area contributed by atoms with Gasteiger partial charge in [-0.05, 0) is 63.6 Å². The van der Waals surface area contributed by atoms with Gasteiger partial charge < -0.3 is 19.8 Å². The van der Waals surface area contributed by atoms with Crippen molar-refractivity contribution < 1.29 is 27.8 Å². The van der Waals surface area contributed by atoms with Crippen LogP contribution in [0, 0.1) is 10.8 Å². The zero-order chi connectivity index (χ0) is 23.0. The molecule has 8 heteroatoms. The van der Waals surface area contributed by atoms with Crippen molar-refractivity contribution in [2.75, 3.05) is 13.2 Å². The van der Waals surface area contributed by atoms with E-state index in [2.05, 4.69) is 0 Å². The van der Waals surface area contributed by atoms with Gasteiger partial charge in [-0.15, -0.1) is 0 Å². The highest BCUT2D eigenvalue weighted by molar-refractivity contribution is 5.99. The van der Waals surface area contributed by atoms with E-state index >= 15 is 0 Å². The van der Waals surface area contributed by atoms with Gasteiger partial charge in [-0.2, -0.15) is 0 Å². The maximum atomic E-state index is 13.7. The molecule has 1 aromatic rings. The minimum Gasteiger partial charge on any atom is -0.462 e. The number of esters is 1. The first-order chi connectivity index (χ1) is 14.4. The highest BCUT2D eigenvalue weighted by Crippen LogP contribution is 2.60. The van der Waals surface area contributed by atoms with Gasteiger partial charge in [0.25, 0.3) is 0 Å². The van der Waals surface area contributed by atoms with E-state index in [1.54, 1.807) is 50.8 Å². The summed E-state index contributed by atoms with van der Waals surface area (Å²) in [5.41, 5.74) is 0.0985. The molecule has 2 aliphatic rings. The molecule has 0 aromatic heterocycles. The van der Waals surface area contributed by atoms with Crippen LogP contribution in [-0.4, -0.2) is 47.9 Å². The van der Waals surface area contributed by atoms with Crippen molar-refractivity contribution in [2.45, 2.75) is 70.9 Å². The number of hydrogen-bond donors (Lipinski definition) is 1. The van der Waals surface area contributed by atoms with Crippen molar-refractivity contribution in [3.63, 3.8) is 0 Å². The van der Waals surface area contributed by atoms with Crippen LogP contribution in [-0.2, 0) is 9.47 Å². The van der Waals surface area contributed by atoms with E-state index in [1.165, 1.54) is 0 Å². The number of nitrogens with one attached hydrogen (secondary N) is 1. The van der Waals surface area contributed by atoms with Crippen molar-refractivity contribution in [3.05, 3.63) is 34.9 Å². The molecular formula is C23H30F2N2O4. The van der Waals surface area contributed by atoms with Crippen molar-refractivity contribution in [1.29, 1.82) is 5.41 Å². The third-order valence-corrected chi connectivity index (χ3v) is 5.89. The Balaban J connectivity index is 1.94. The van der Waals surface area contributed by atoms with Crippen LogP contribution in [0.3, 0.4) is 0 Å². The smallest absolute Gasteiger partial charge is 0.410 e. The van der Waals surface area contributed by atoms with Gasteiger partial charge in [-0.1, -0.05) is 6.07 Å². The normalized spacial score (nSPS) is 21.9. The van der Waals surface area contributed by atoms with Crippen LogP contribution in [0.1, 0.15) is 80.9 Å². The highest BCUT2D eigenvalue weighted by Gasteiger charge is 2.59. The highest BCUT2D eigenvalue weighted by atomic mass is 19.3. The molecule has 1 atom stereocenters. The van der Waals surface area contributed by atoms with Gasteiger partial charge in [-0.3, -0.25) is 0 Å². The fourth-order valence-corrected chi connectivity index (χ4v) is 4.64. The molecule has 31 heavy (non-hydrogen) atoms. The number of alkyl halides is 2. The Morgan fingerprint density at radius 3 is 2.52 bits per heavy atom. The number of carbonyl (C=O) groups is 2. The molecule has 1 unspecified atom stereocenters. The first-order valence-electron chi connectivity index (χ1n) is 10.6. The molecule has 1 heterocycles. The maximum absolute atomic E-state index is 13.7. The first kappa shape index (κ1) is 23.2. The van der Waals surface area contributed by atoms with E-state index in [4.69, 9.17) is 14.9 Å². The number of hydrogen-bond acceptors (Lipinski definition) is 5. The van der Waals surface area contributed by atoms with E-state index in [0.717, 1.165) is 6.21 Å². The van der Waals surface area contributed by atoms with E-state index in [9.17, 15) is 18.4 Å². The number of rotatable bonds is 4. The van der Waals surface area contributed by atoms with Gasteiger partial charge in [0.2, 0.25) is 5.92 Å². The fourth-order valence-electron chi connectivity index (χ4n) is 4.64. The predicted octanol–water partition coefficient (Wildman–Crippen LogP) is 5.35. The lowest BCUT2D eigenvalue weighted by atomic mass is 9.59. The van der Waals surface area contributed by atoms with E-state index in [-0.39, 0.29) is 25.0 Å². The molecule has 3 rings (SSSR count). The SMILES string of the molecule is CCOC(=O)c1ccc(C2CC3(CCN2C(=O)OC(C)(C)C)CC(F)(F)C3)cc1C=N. The summed E-state index contributed by atoms with van der Waals surface area (Å²) in [6.45, 7) is 7.56. The second kappa shape index (κ2) is 8.20. The molecule has 1 spiro atoms. The minimum atomic E-state index is -2.66. The number of likely N-dealkylation sites (tertiary alicyclic amines) is 1. The lowest BCUT2D eigenvalue weighted by Gasteiger charge is -2.54. The van der Waals surface area contributed by atoms with Crippen molar-refractivity contribution >= 4 is 18.3 Å². The van der Waals surface area contributed by atoms with Gasteiger partial charge in [0, 0.05) is 31.2 Å². The first-order valence-corrected chi connectivity index (χ1v) is 10.6. The number of halogens is 2. The summed E-state index contributed by atoms with van der Waals surface area (Å²) in [5.74, 6) is -3.19. The van der Waals surface area contributed by atoms with Crippen LogP contribution in [0.5, 0.6) is 0 Å². The Morgan fingerprint density at radius 2 is 1.97 bits per heavy atom. The Kier molecular flexibility index (Phi) is 6.13. The lowest BCUT2D eigenvalue weighted by molar-refractivity contribution is -0.183. The summed E-state index contributed by atoms with van der Waals surface area (Å²) in [7, 11) is 0. The predicted molar refractivity (Wildman–Crippen MR) is 112 cm³/mol. The largest absolute Gasteiger partial charge is 0.462 e. The molecule has 1 saturated carbocycles. The van der Waals surface area contributed by atoms with Crippen LogP contribution in [0.4, 0.5) is 13.6 Å². The third-order valence-electron chi connectivity index (χ3n) is 5.89. The Morgan fingerprint density at radius 1 is 1.29 bits per heavy atom. The molecule has 1 N–H and O–H groups in total. The summed E-state index contributed by atoms with van der Waals surface area (Å²) in [5, 5.41) is 7.71. The fraction of sp³-hybridized carbons (Fsp3) is 0.609. The van der Waals surface area contributed by atoms with Crippen molar-refractivity contribution in [1.82, 2.24) is 4.90 Å². The quantitative estimate of drug-likeness (QED) is 0.510. The Hall–Kier alpha value is -2.51. The van der Waals surface area contributed by atoms with E-state index < -0.39 is 35.0 Å². The topological polar surface area (TPSA) is 79.7 Å². The summed E-state index contributed by atoms with van der Waals surface area (Å²) in [6, 6.07) is 4.46. The number of benzene rings is 1. The van der Waals surface area contributed by atoms with Crippen LogP contribution < -0.4 is 0 Å². The molecule has 1 aliphatic heterocycles. The summed E-state index contributed by atoms with van der Waals surface area (Å²) < 4.78 is 38.0. The number of nitrogens with zero attached hydrogens (tertiary/aromatic N) is 1. The van der Waals surface area contributed by atoms with Crippen LogP contribution >= 0.6 is 0 Å². The van der Waals surface area contributed by atoms with E-state index in [0.29, 0.717) is 30.5 Å². The Labute approximate surface area is 181 Å². The van der Waals surface area contributed by atoms with Gasteiger partial charge in [0.05, 0.1) is 18.2 Å². The summed E-state index contributed by atoms with van der Waals surface area (Å²) >= 11 is 0. The summed E-state index contributed by atoms with van der Waals surface area (Å²) in [6.07, 6.45) is 1.08. The number of carbonyl (C=O) groups excluding carboxylic acids is 2. The second-order valence-electron chi connectivity index (χ2n) is 9.56. The molecule has 1 saturated heterocycles. The molecule has 0 bridgehead atoms. The molecule has 1 aliphatic carbocycles. The molecule has 1 amide bonds. The van der Waals surface area contributed by atoms with Crippen molar-refractivity contribution in [2.24, 2.45) is 5.41 Å². The van der Waals surface area contributed by atoms with Crippen molar-refractivity contribution in [3.8, 4) is 0 Å². The zero-order valence-electron chi connectivity index (χ0n) is 18.5. The zero-order valence-corrected chi connectivity index (χ0v) is 18.5. The number of amides is 1. The summed E-state index contributed by atoms with van der Waals surface area (Å²) in [4.78, 5) is 26.7. The third kappa shape index (κ3) is 5.05. The average molecular weight is 436 g/mol. The molecule has 2 fully saturated rings. The molecular weight excluding hydrogens is 406 g/mol. The minimum absolute atomic E-state index is 0.184. The average Bonchev–Trinajstić information content (AvgIpc) is 2.64. The standard InChI is InChI=1S/C23H30F2N2O4/c1-5-30-19(28)17-7-6-15(10-16(17)12-26)18-11-22(13-23(24,25)14-22)8-9-27(18)20(29)31-21(2,3)4/h6-7,10,12,18,26H,5,8-9,11,13-14H2,1-4H3. The molecule has 1 aromatic carbocycles. The Bertz CT molecular complexity index is 871. The van der Waals surface area contributed by atoms with Crippen LogP contribution in [0.2, 0.25) is 0 Å². The second-order valence-corrected chi connectivity index (χ2v) is 9.56. The van der Waals surface area contributed by atoms with Gasteiger partial charge in [-0.25, -0.2) is 18.4 Å². The van der Waals surface area contributed by atoms with Crippen LogP contribution in [0.25, 0.3) is 0 Å². The van der Waals surface area contributed by atoms with Gasteiger partial charge in [0.15, 0.2) is 0 Å². The van der Waals surface area contributed by atoms with Crippen LogP contribution in [0.15, 0.2) is 18.2 Å². The molecule has 170 valence electrons. The maximum Gasteiger partial charge on any atom is 0.410 e. The van der Waals surface area contributed by atoms with E-state index in [1.807, 2.05) is 0 Å². The van der Waals surface area contributed by atoms with Gasteiger partial charge in [0.1, 0.15) is 5.60 Å². The monoisotopic (exact) mass is 436 g/mol. The number of piperidine rings is 1.